The number of nitrogens with one attached hydrogen (secondary N) is 1. The van der Waals surface area contributed by atoms with Gasteiger partial charge in [-0.05, 0) is 48.9 Å². The number of thiophene rings is 1. The van der Waals surface area contributed by atoms with Crippen molar-refractivity contribution in [2.75, 3.05) is 0 Å². The average Bonchev–Trinajstić information content (AvgIpc) is 3.34. The number of fused-ring (bicyclic) bond motifs is 1. The molecule has 0 fully saturated rings. The lowest BCUT2D eigenvalue weighted by atomic mass is 10.2. The van der Waals surface area contributed by atoms with Gasteiger partial charge in [0.15, 0.2) is 0 Å². The average molecular weight is 481 g/mol. The number of rotatable bonds is 3. The van der Waals surface area contributed by atoms with Gasteiger partial charge in [-0.3, -0.25) is 9.78 Å². The van der Waals surface area contributed by atoms with Crippen LogP contribution in [0.1, 0.15) is 5.56 Å². The summed E-state index contributed by atoms with van der Waals surface area (Å²) in [5.74, 6) is 0.752. The minimum Gasteiger partial charge on any atom is -0.333 e. The molecule has 0 aliphatic carbocycles. The van der Waals surface area contributed by atoms with Crippen LogP contribution in [0.2, 0.25) is 0 Å². The Labute approximate surface area is 181 Å². The summed E-state index contributed by atoms with van der Waals surface area (Å²) in [5.41, 5.74) is 1.13. The lowest BCUT2D eigenvalue weighted by Gasteiger charge is -2.04. The van der Waals surface area contributed by atoms with Gasteiger partial charge in [0, 0.05) is 10.0 Å². The molecule has 0 spiro atoms. The smallest absolute Gasteiger partial charge is 0.333 e. The van der Waals surface area contributed by atoms with Crippen molar-refractivity contribution >= 4 is 37.5 Å². The van der Waals surface area contributed by atoms with Crippen LogP contribution < -0.4 is 11.2 Å². The van der Waals surface area contributed by atoms with Crippen molar-refractivity contribution in [3.63, 3.8) is 0 Å². The van der Waals surface area contributed by atoms with Crippen molar-refractivity contribution in [1.29, 1.82) is 0 Å². The molecule has 0 atom stereocenters. The van der Waals surface area contributed by atoms with Gasteiger partial charge in [-0.15, -0.1) is 11.3 Å². The van der Waals surface area contributed by atoms with Crippen LogP contribution in [0.3, 0.4) is 0 Å². The predicted octanol–water partition coefficient (Wildman–Crippen LogP) is 4.53. The zero-order valence-electron chi connectivity index (χ0n) is 15.5. The summed E-state index contributed by atoms with van der Waals surface area (Å²) >= 11 is 4.65. The van der Waals surface area contributed by atoms with Gasteiger partial charge in [-0.25, -0.2) is 9.36 Å². The van der Waals surface area contributed by atoms with Crippen LogP contribution in [0.5, 0.6) is 0 Å². The molecule has 30 heavy (non-hydrogen) atoms. The van der Waals surface area contributed by atoms with Crippen LogP contribution in [0.4, 0.5) is 0 Å². The summed E-state index contributed by atoms with van der Waals surface area (Å²) in [6, 6.07) is 16.4. The molecule has 0 unspecified atom stereocenters. The van der Waals surface area contributed by atoms with E-state index in [4.69, 9.17) is 4.52 Å². The minimum absolute atomic E-state index is 0.304. The highest BCUT2D eigenvalue weighted by molar-refractivity contribution is 9.10. The van der Waals surface area contributed by atoms with Gasteiger partial charge >= 0.3 is 5.69 Å². The van der Waals surface area contributed by atoms with E-state index in [-0.39, 0.29) is 5.56 Å². The zero-order chi connectivity index (χ0) is 20.8. The first-order valence-corrected chi connectivity index (χ1v) is 10.6. The number of benzene rings is 2. The summed E-state index contributed by atoms with van der Waals surface area (Å²) in [7, 11) is 0. The number of aromatic nitrogens is 4. The Morgan fingerprint density at radius 3 is 2.53 bits per heavy atom. The Kier molecular flexibility index (Phi) is 4.48. The second kappa shape index (κ2) is 7.19. The number of halogens is 1. The van der Waals surface area contributed by atoms with Gasteiger partial charge in [-0.1, -0.05) is 39.3 Å². The first-order chi connectivity index (χ1) is 14.5. The van der Waals surface area contributed by atoms with E-state index in [2.05, 4.69) is 31.1 Å². The van der Waals surface area contributed by atoms with Crippen molar-refractivity contribution < 1.29 is 4.52 Å². The van der Waals surface area contributed by atoms with E-state index >= 15 is 0 Å². The third-order valence-electron chi connectivity index (χ3n) is 4.72. The van der Waals surface area contributed by atoms with E-state index in [0.717, 1.165) is 14.6 Å². The van der Waals surface area contributed by atoms with Gasteiger partial charge in [0.1, 0.15) is 4.83 Å². The van der Waals surface area contributed by atoms with E-state index in [1.165, 1.54) is 11.3 Å². The number of hydrogen-bond acceptors (Lipinski definition) is 6. The van der Waals surface area contributed by atoms with Crippen LogP contribution >= 0.6 is 27.3 Å². The first kappa shape index (κ1) is 18.7. The maximum Gasteiger partial charge on any atom is 0.334 e. The number of aryl methyl sites for hydroxylation is 1. The van der Waals surface area contributed by atoms with Crippen LogP contribution in [0, 0.1) is 6.92 Å². The van der Waals surface area contributed by atoms with Gasteiger partial charge in [0.25, 0.3) is 11.4 Å². The fourth-order valence-corrected chi connectivity index (χ4v) is 4.64. The minimum atomic E-state index is -0.493. The van der Waals surface area contributed by atoms with Gasteiger partial charge in [-0.2, -0.15) is 4.98 Å². The standard InChI is InChI=1S/C21H13BrN4O3S/c1-11-15-19(24-21(28)26(20(15)27)14-5-3-2-4-6-14)30-16(11)18-23-17(25-29-18)12-7-9-13(22)10-8-12/h2-10H,1H3,(H,24,28). The maximum atomic E-state index is 13.2. The Hall–Kier alpha value is -3.30. The normalized spacial score (nSPS) is 11.3. The van der Waals surface area contributed by atoms with Crippen molar-refractivity contribution in [3.05, 3.63) is 85.5 Å². The molecular weight excluding hydrogens is 468 g/mol. The van der Waals surface area contributed by atoms with Crippen molar-refractivity contribution in [2.45, 2.75) is 6.92 Å². The molecule has 3 heterocycles. The quantitative estimate of drug-likeness (QED) is 0.409. The van der Waals surface area contributed by atoms with E-state index in [9.17, 15) is 9.59 Å². The van der Waals surface area contributed by atoms with Gasteiger partial charge in [0.05, 0.1) is 16.0 Å². The third-order valence-corrected chi connectivity index (χ3v) is 6.45. The zero-order valence-corrected chi connectivity index (χ0v) is 18.0. The summed E-state index contributed by atoms with van der Waals surface area (Å²) in [6.07, 6.45) is 0. The SMILES string of the molecule is Cc1c(-c2nc(-c3ccc(Br)cc3)no2)sc2[nH]c(=O)n(-c3ccccc3)c(=O)c12. The molecule has 0 bridgehead atoms. The Balaban J connectivity index is 1.66. The van der Waals surface area contributed by atoms with Crippen LogP contribution in [-0.4, -0.2) is 19.7 Å². The molecule has 3 aromatic heterocycles. The van der Waals surface area contributed by atoms with Crippen molar-refractivity contribution in [2.24, 2.45) is 0 Å². The molecule has 5 aromatic rings. The number of nitrogens with zero attached hydrogens (tertiary/aromatic N) is 3. The summed E-state index contributed by atoms with van der Waals surface area (Å²) in [5, 5.41) is 4.49. The van der Waals surface area contributed by atoms with E-state index in [0.29, 0.717) is 38.1 Å². The predicted molar refractivity (Wildman–Crippen MR) is 119 cm³/mol. The molecule has 0 amide bonds. The van der Waals surface area contributed by atoms with Gasteiger partial charge in [0.2, 0.25) is 5.82 Å². The molecule has 0 aliphatic heterocycles. The molecular formula is C21H13BrN4O3S. The fraction of sp³-hybridized carbons (Fsp3) is 0.0476. The maximum absolute atomic E-state index is 13.2. The molecule has 0 saturated heterocycles. The molecule has 2 aromatic carbocycles. The number of aromatic amines is 1. The second-order valence-electron chi connectivity index (χ2n) is 6.60. The number of hydrogen-bond donors (Lipinski definition) is 1. The topological polar surface area (TPSA) is 93.8 Å². The molecule has 0 radical (unpaired) electrons. The molecule has 5 rings (SSSR count). The van der Waals surface area contributed by atoms with Crippen LogP contribution in [0.25, 0.3) is 38.1 Å². The van der Waals surface area contributed by atoms with Crippen molar-refractivity contribution in [3.8, 4) is 27.8 Å². The largest absolute Gasteiger partial charge is 0.334 e. The van der Waals surface area contributed by atoms with Gasteiger partial charge < -0.3 is 4.52 Å². The molecule has 1 N–H and O–H groups in total. The highest BCUT2D eigenvalue weighted by atomic mass is 79.9. The molecule has 9 heteroatoms. The first-order valence-electron chi connectivity index (χ1n) is 8.97. The lowest BCUT2D eigenvalue weighted by Crippen LogP contribution is -2.33. The van der Waals surface area contributed by atoms with Crippen LogP contribution in [-0.2, 0) is 0 Å². The monoisotopic (exact) mass is 480 g/mol. The highest BCUT2D eigenvalue weighted by Crippen LogP contribution is 2.35. The highest BCUT2D eigenvalue weighted by Gasteiger charge is 2.21. The van der Waals surface area contributed by atoms with Crippen LogP contribution in [0.15, 0.2) is 73.2 Å². The number of H-pyrrole nitrogens is 1. The molecule has 0 saturated carbocycles. The fourth-order valence-electron chi connectivity index (χ4n) is 3.26. The Bertz CT molecular complexity index is 1500. The lowest BCUT2D eigenvalue weighted by molar-refractivity contribution is 0.433. The Morgan fingerprint density at radius 2 is 1.80 bits per heavy atom. The summed E-state index contributed by atoms with van der Waals surface area (Å²) < 4.78 is 7.55. The van der Waals surface area contributed by atoms with E-state index in [1.54, 1.807) is 24.3 Å². The Morgan fingerprint density at radius 1 is 1.07 bits per heavy atom. The summed E-state index contributed by atoms with van der Waals surface area (Å²) in [6.45, 7) is 1.81. The molecule has 0 aliphatic rings. The second-order valence-corrected chi connectivity index (χ2v) is 8.53. The van der Waals surface area contributed by atoms with Crippen molar-refractivity contribution in [1.82, 2.24) is 19.7 Å². The summed E-state index contributed by atoms with van der Waals surface area (Å²) in [4.78, 5) is 34.2. The molecule has 148 valence electrons. The number of para-hydroxylation sites is 1. The van der Waals surface area contributed by atoms with E-state index in [1.807, 2.05) is 37.3 Å². The molecule has 7 nitrogen and oxygen atoms in total. The third kappa shape index (κ3) is 3.03. The van der Waals surface area contributed by atoms with E-state index < -0.39 is 5.69 Å².